The molecule has 0 aromatic heterocycles. The van der Waals surface area contributed by atoms with Crippen molar-refractivity contribution in [3.05, 3.63) is 70.1 Å². The molecule has 5 heteroatoms. The van der Waals surface area contributed by atoms with E-state index in [-0.39, 0.29) is 5.91 Å². The summed E-state index contributed by atoms with van der Waals surface area (Å²) >= 11 is 6.81. The van der Waals surface area contributed by atoms with Gasteiger partial charge in [0.05, 0.1) is 12.0 Å². The Balaban J connectivity index is 1.66. The number of hydrogen-bond donors (Lipinski definition) is 0. The van der Waals surface area contributed by atoms with E-state index in [2.05, 4.69) is 38.1 Å². The summed E-state index contributed by atoms with van der Waals surface area (Å²) in [7, 11) is 1.65. The molecule has 0 saturated carbocycles. The Hall–Kier alpha value is -2.11. The number of carbonyl (C=O) groups is 1. The summed E-state index contributed by atoms with van der Waals surface area (Å²) in [5, 5.41) is 0. The third kappa shape index (κ3) is 4.79. The quantitative estimate of drug-likeness (QED) is 0.491. The highest BCUT2D eigenvalue weighted by molar-refractivity contribution is 8.26. The second-order valence-electron chi connectivity index (χ2n) is 6.75. The zero-order chi connectivity index (χ0) is 19.4. The number of benzene rings is 2. The fourth-order valence-electron chi connectivity index (χ4n) is 2.85. The SMILES string of the molecule is COc1ccc(CCN2C(=O)/C(=C/c3ccc(C(C)C)cc3)SC2=S)cc1. The molecule has 0 aliphatic carbocycles. The lowest BCUT2D eigenvalue weighted by atomic mass is 10.0. The number of amides is 1. The number of thiocarbonyl (C=S) groups is 1. The van der Waals surface area contributed by atoms with Gasteiger partial charge < -0.3 is 4.74 Å². The smallest absolute Gasteiger partial charge is 0.266 e. The van der Waals surface area contributed by atoms with Gasteiger partial charge >= 0.3 is 0 Å². The van der Waals surface area contributed by atoms with Gasteiger partial charge in [-0.15, -0.1) is 0 Å². The minimum absolute atomic E-state index is 0.00792. The van der Waals surface area contributed by atoms with E-state index < -0.39 is 0 Å². The van der Waals surface area contributed by atoms with Crippen molar-refractivity contribution in [3.8, 4) is 5.75 Å². The molecule has 1 heterocycles. The van der Waals surface area contributed by atoms with E-state index in [0.29, 0.717) is 21.7 Å². The van der Waals surface area contributed by atoms with Crippen LogP contribution in [0.25, 0.3) is 6.08 Å². The van der Waals surface area contributed by atoms with Crippen LogP contribution in [0.4, 0.5) is 0 Å². The number of methoxy groups -OCH3 is 1. The molecule has 2 aromatic rings. The van der Waals surface area contributed by atoms with Crippen molar-refractivity contribution < 1.29 is 9.53 Å². The Kier molecular flexibility index (Phi) is 6.34. The lowest BCUT2D eigenvalue weighted by molar-refractivity contribution is -0.122. The van der Waals surface area contributed by atoms with Crippen molar-refractivity contribution in [2.24, 2.45) is 0 Å². The van der Waals surface area contributed by atoms with Crippen molar-refractivity contribution in [2.75, 3.05) is 13.7 Å². The van der Waals surface area contributed by atoms with E-state index in [1.54, 1.807) is 12.0 Å². The van der Waals surface area contributed by atoms with Crippen molar-refractivity contribution >= 4 is 40.3 Å². The molecule has 3 rings (SSSR count). The highest BCUT2D eigenvalue weighted by Gasteiger charge is 2.31. The Morgan fingerprint density at radius 1 is 1.11 bits per heavy atom. The van der Waals surface area contributed by atoms with Crippen molar-refractivity contribution in [1.82, 2.24) is 4.90 Å². The molecular formula is C22H23NO2S2. The molecule has 3 nitrogen and oxygen atoms in total. The summed E-state index contributed by atoms with van der Waals surface area (Å²) < 4.78 is 5.80. The van der Waals surface area contributed by atoms with E-state index >= 15 is 0 Å². The van der Waals surface area contributed by atoms with Gasteiger partial charge in [0.2, 0.25) is 0 Å². The summed E-state index contributed by atoms with van der Waals surface area (Å²) in [4.78, 5) is 15.1. The molecule has 1 amide bonds. The fraction of sp³-hybridized carbons (Fsp3) is 0.273. The summed E-state index contributed by atoms with van der Waals surface area (Å²) in [6.07, 6.45) is 2.68. The normalized spacial score (nSPS) is 15.9. The molecular weight excluding hydrogens is 374 g/mol. The van der Waals surface area contributed by atoms with E-state index in [4.69, 9.17) is 17.0 Å². The van der Waals surface area contributed by atoms with E-state index in [1.165, 1.54) is 17.3 Å². The maximum atomic E-state index is 12.7. The van der Waals surface area contributed by atoms with Crippen LogP contribution in [0, 0.1) is 0 Å². The Morgan fingerprint density at radius 3 is 2.37 bits per heavy atom. The second kappa shape index (κ2) is 8.72. The number of carbonyl (C=O) groups excluding carboxylic acids is 1. The minimum Gasteiger partial charge on any atom is -0.497 e. The van der Waals surface area contributed by atoms with Gasteiger partial charge in [-0.25, -0.2) is 0 Å². The fourth-order valence-corrected chi connectivity index (χ4v) is 4.16. The van der Waals surface area contributed by atoms with Crippen LogP contribution in [0.2, 0.25) is 0 Å². The minimum atomic E-state index is -0.00792. The maximum absolute atomic E-state index is 12.7. The molecule has 1 aliphatic rings. The highest BCUT2D eigenvalue weighted by atomic mass is 32.2. The molecule has 1 fully saturated rings. The zero-order valence-corrected chi connectivity index (χ0v) is 17.4. The Morgan fingerprint density at radius 2 is 1.78 bits per heavy atom. The molecule has 0 bridgehead atoms. The third-order valence-corrected chi connectivity index (χ3v) is 5.94. The summed E-state index contributed by atoms with van der Waals surface area (Å²) in [5.74, 6) is 1.32. The Labute approximate surface area is 170 Å². The zero-order valence-electron chi connectivity index (χ0n) is 15.8. The van der Waals surface area contributed by atoms with Crippen molar-refractivity contribution in [1.29, 1.82) is 0 Å². The number of thioether (sulfide) groups is 1. The average Bonchev–Trinajstić information content (AvgIpc) is 2.94. The van der Waals surface area contributed by atoms with Crippen molar-refractivity contribution in [2.45, 2.75) is 26.2 Å². The molecule has 140 valence electrons. The van der Waals surface area contributed by atoms with Gasteiger partial charge in [-0.1, -0.05) is 74.2 Å². The van der Waals surface area contributed by atoms with Crippen LogP contribution >= 0.6 is 24.0 Å². The monoisotopic (exact) mass is 397 g/mol. The van der Waals surface area contributed by atoms with Crippen LogP contribution in [0.1, 0.15) is 36.5 Å². The van der Waals surface area contributed by atoms with Crippen molar-refractivity contribution in [3.63, 3.8) is 0 Å². The Bertz CT molecular complexity index is 855. The van der Waals surface area contributed by atoms with Gasteiger partial charge in [-0.2, -0.15) is 0 Å². The van der Waals surface area contributed by atoms with E-state index in [1.807, 2.05) is 30.3 Å². The summed E-state index contributed by atoms with van der Waals surface area (Å²) in [6.45, 7) is 4.92. The van der Waals surface area contributed by atoms with Crippen LogP contribution in [-0.2, 0) is 11.2 Å². The number of rotatable bonds is 6. The van der Waals surface area contributed by atoms with Crippen LogP contribution < -0.4 is 4.74 Å². The summed E-state index contributed by atoms with van der Waals surface area (Å²) in [5.41, 5.74) is 3.47. The molecule has 1 saturated heterocycles. The topological polar surface area (TPSA) is 29.5 Å². The maximum Gasteiger partial charge on any atom is 0.266 e. The van der Waals surface area contributed by atoms with Gasteiger partial charge in [0.1, 0.15) is 10.1 Å². The van der Waals surface area contributed by atoms with E-state index in [0.717, 1.165) is 23.3 Å². The predicted molar refractivity (Wildman–Crippen MR) is 117 cm³/mol. The number of nitrogens with zero attached hydrogens (tertiary/aromatic N) is 1. The van der Waals surface area contributed by atoms with Gasteiger partial charge in [0, 0.05) is 6.54 Å². The van der Waals surface area contributed by atoms with Crippen LogP contribution in [0.3, 0.4) is 0 Å². The van der Waals surface area contributed by atoms with E-state index in [9.17, 15) is 4.79 Å². The molecule has 0 unspecified atom stereocenters. The second-order valence-corrected chi connectivity index (χ2v) is 8.43. The summed E-state index contributed by atoms with van der Waals surface area (Å²) in [6, 6.07) is 16.2. The number of hydrogen-bond acceptors (Lipinski definition) is 4. The first kappa shape index (κ1) is 19.6. The first-order valence-corrected chi connectivity index (χ1v) is 10.2. The molecule has 2 aromatic carbocycles. The lowest BCUT2D eigenvalue weighted by Gasteiger charge is -2.14. The van der Waals surface area contributed by atoms with Crippen LogP contribution in [0.5, 0.6) is 5.75 Å². The van der Waals surface area contributed by atoms with Gasteiger partial charge in [-0.05, 0) is 47.2 Å². The molecule has 0 N–H and O–H groups in total. The molecule has 27 heavy (non-hydrogen) atoms. The third-order valence-electron chi connectivity index (χ3n) is 4.56. The standard InChI is InChI=1S/C22H23NO2S2/c1-15(2)18-8-4-17(5-9-18)14-20-21(24)23(22(26)27-20)13-12-16-6-10-19(25-3)11-7-16/h4-11,14-15H,12-13H2,1-3H3/b20-14-. The molecule has 0 radical (unpaired) electrons. The van der Waals surface area contributed by atoms with Crippen LogP contribution in [0.15, 0.2) is 53.4 Å². The lowest BCUT2D eigenvalue weighted by Crippen LogP contribution is -2.30. The molecule has 1 aliphatic heterocycles. The van der Waals surface area contributed by atoms with Gasteiger partial charge in [-0.3, -0.25) is 9.69 Å². The first-order valence-electron chi connectivity index (χ1n) is 8.96. The first-order chi connectivity index (χ1) is 13.0. The van der Waals surface area contributed by atoms with Gasteiger partial charge in [0.25, 0.3) is 5.91 Å². The predicted octanol–water partition coefficient (Wildman–Crippen LogP) is 5.26. The molecule has 0 spiro atoms. The van der Waals surface area contributed by atoms with Gasteiger partial charge in [0.15, 0.2) is 0 Å². The average molecular weight is 398 g/mol. The molecule has 0 atom stereocenters. The largest absolute Gasteiger partial charge is 0.497 e. The van der Waals surface area contributed by atoms with Crippen LogP contribution in [-0.4, -0.2) is 28.8 Å². The highest BCUT2D eigenvalue weighted by Crippen LogP contribution is 2.33. The number of ether oxygens (including phenoxy) is 1.